The predicted molar refractivity (Wildman–Crippen MR) is 131 cm³/mol. The summed E-state index contributed by atoms with van der Waals surface area (Å²) in [5.74, 6) is 1.11. The molecule has 1 aliphatic heterocycles. The number of hydrogen-bond donors (Lipinski definition) is 1. The molecule has 0 bridgehead atoms. The second kappa shape index (κ2) is 11.0. The normalized spacial score (nSPS) is 14.4. The monoisotopic (exact) mass is 445 g/mol. The highest BCUT2D eigenvalue weighted by atomic mass is 32.2. The van der Waals surface area contributed by atoms with Crippen molar-refractivity contribution in [1.82, 2.24) is 10.3 Å². The van der Waals surface area contributed by atoms with Crippen molar-refractivity contribution in [2.75, 3.05) is 26.0 Å². The van der Waals surface area contributed by atoms with Gasteiger partial charge in [-0.05, 0) is 41.0 Å². The van der Waals surface area contributed by atoms with Crippen molar-refractivity contribution >= 4 is 23.9 Å². The molecule has 3 aromatic rings. The molecular weight excluding hydrogens is 418 g/mol. The Balaban J connectivity index is 1.25. The minimum absolute atomic E-state index is 0.0825. The van der Waals surface area contributed by atoms with Crippen LogP contribution in [0, 0.1) is 0 Å². The molecule has 3 aromatic carbocycles. The number of methoxy groups -OCH3 is 1. The first-order valence-corrected chi connectivity index (χ1v) is 11.7. The molecule has 6 heteroatoms. The highest BCUT2D eigenvalue weighted by Gasteiger charge is 2.34. The summed E-state index contributed by atoms with van der Waals surface area (Å²) >= 11 is 1.69. The first kappa shape index (κ1) is 22.1. The maximum atomic E-state index is 12.2. The van der Waals surface area contributed by atoms with E-state index in [4.69, 9.17) is 4.74 Å². The van der Waals surface area contributed by atoms with E-state index in [-0.39, 0.29) is 11.9 Å². The maximum Gasteiger partial charge on any atom is 0.250 e. The van der Waals surface area contributed by atoms with Gasteiger partial charge in [-0.15, -0.1) is 11.8 Å². The van der Waals surface area contributed by atoms with Crippen LogP contribution in [0.4, 0.5) is 0 Å². The van der Waals surface area contributed by atoms with E-state index < -0.39 is 0 Å². The molecule has 4 rings (SSSR count). The van der Waals surface area contributed by atoms with Gasteiger partial charge in [0.25, 0.3) is 0 Å². The number of rotatable bonds is 9. The molecule has 0 unspecified atom stereocenters. The number of thioether (sulfide) groups is 1. The van der Waals surface area contributed by atoms with E-state index in [2.05, 4.69) is 76.1 Å². The summed E-state index contributed by atoms with van der Waals surface area (Å²) in [6.45, 7) is 1.92. The first-order valence-electron chi connectivity index (χ1n) is 10.6. The van der Waals surface area contributed by atoms with E-state index in [9.17, 15) is 4.79 Å². The fourth-order valence-electron chi connectivity index (χ4n) is 3.77. The number of hydrogen-bond acceptors (Lipinski definition) is 5. The Kier molecular flexibility index (Phi) is 7.59. The van der Waals surface area contributed by atoms with Gasteiger partial charge in [-0.3, -0.25) is 9.69 Å². The number of likely N-dealkylation sites (tertiary alicyclic amines) is 1. The molecule has 0 radical (unpaired) electrons. The molecule has 32 heavy (non-hydrogen) atoms. The molecule has 164 valence electrons. The van der Waals surface area contributed by atoms with E-state index >= 15 is 0 Å². The number of carbonyl (C=O) groups excluding carboxylic acids is 1. The summed E-state index contributed by atoms with van der Waals surface area (Å²) in [5.41, 5.74) is 6.12. The van der Waals surface area contributed by atoms with Crippen LogP contribution in [0.1, 0.15) is 22.7 Å². The van der Waals surface area contributed by atoms with Gasteiger partial charge in [0, 0.05) is 18.3 Å². The van der Waals surface area contributed by atoms with Crippen LogP contribution < -0.4 is 10.2 Å². The van der Waals surface area contributed by atoms with Crippen LogP contribution >= 0.6 is 11.8 Å². The zero-order chi connectivity index (χ0) is 22.2. The molecule has 1 aliphatic rings. The van der Waals surface area contributed by atoms with Crippen molar-refractivity contribution in [3.05, 3.63) is 102 Å². The van der Waals surface area contributed by atoms with Gasteiger partial charge < -0.3 is 4.74 Å². The van der Waals surface area contributed by atoms with Gasteiger partial charge >= 0.3 is 0 Å². The molecule has 0 spiro atoms. The van der Waals surface area contributed by atoms with Crippen LogP contribution in [-0.4, -0.2) is 48.2 Å². The van der Waals surface area contributed by atoms with Gasteiger partial charge in [0.05, 0.1) is 25.1 Å². The molecule has 1 heterocycles. The maximum absolute atomic E-state index is 12.2. The average Bonchev–Trinajstić information content (AvgIpc) is 2.82. The fraction of sp³-hybridized carbons (Fsp3) is 0.231. The third-order valence-electron chi connectivity index (χ3n) is 5.44. The van der Waals surface area contributed by atoms with Crippen molar-refractivity contribution in [1.29, 1.82) is 0 Å². The van der Waals surface area contributed by atoms with E-state index in [0.717, 1.165) is 24.4 Å². The second-order valence-corrected chi connectivity index (χ2v) is 8.97. The smallest absolute Gasteiger partial charge is 0.250 e. The number of amides is 1. The van der Waals surface area contributed by atoms with Gasteiger partial charge in [-0.2, -0.15) is 5.10 Å². The minimum Gasteiger partial charge on any atom is -0.497 e. The SMILES string of the molecule is COc1ccc(/C=N/NC(=O)CSC2CN(C(c3ccccc3)c3ccccc3)C2)cc1. The lowest BCUT2D eigenvalue weighted by Gasteiger charge is -2.44. The summed E-state index contributed by atoms with van der Waals surface area (Å²) < 4.78 is 5.13. The molecule has 1 amide bonds. The molecule has 1 saturated heterocycles. The highest BCUT2D eigenvalue weighted by Crippen LogP contribution is 2.35. The quantitative estimate of drug-likeness (QED) is 0.393. The van der Waals surface area contributed by atoms with Crippen LogP contribution in [0.3, 0.4) is 0 Å². The Morgan fingerprint density at radius 3 is 2.19 bits per heavy atom. The Labute approximate surface area is 193 Å². The average molecular weight is 446 g/mol. The number of nitrogens with zero attached hydrogens (tertiary/aromatic N) is 2. The van der Waals surface area contributed by atoms with Gasteiger partial charge in [0.2, 0.25) is 5.91 Å². The number of hydrazone groups is 1. The fourth-order valence-corrected chi connectivity index (χ4v) is 4.81. The minimum atomic E-state index is -0.0825. The van der Waals surface area contributed by atoms with E-state index in [1.165, 1.54) is 11.1 Å². The van der Waals surface area contributed by atoms with Crippen molar-refractivity contribution in [3.63, 3.8) is 0 Å². The lowest BCUT2D eigenvalue weighted by Crippen LogP contribution is -2.51. The zero-order valence-corrected chi connectivity index (χ0v) is 18.9. The lowest BCUT2D eigenvalue weighted by molar-refractivity contribution is -0.118. The Bertz CT molecular complexity index is 980. The van der Waals surface area contributed by atoms with Crippen LogP contribution in [0.15, 0.2) is 90.0 Å². The van der Waals surface area contributed by atoms with Crippen LogP contribution in [-0.2, 0) is 4.79 Å². The van der Waals surface area contributed by atoms with Gasteiger partial charge in [-0.1, -0.05) is 60.7 Å². The van der Waals surface area contributed by atoms with E-state index in [0.29, 0.717) is 11.0 Å². The third-order valence-corrected chi connectivity index (χ3v) is 6.64. The zero-order valence-electron chi connectivity index (χ0n) is 18.1. The Hall–Kier alpha value is -3.09. The van der Waals surface area contributed by atoms with Crippen molar-refractivity contribution in [2.45, 2.75) is 11.3 Å². The van der Waals surface area contributed by atoms with Gasteiger partial charge in [-0.25, -0.2) is 5.43 Å². The summed E-state index contributed by atoms with van der Waals surface area (Å²) in [6.07, 6.45) is 1.64. The molecule has 0 aliphatic carbocycles. The summed E-state index contributed by atoms with van der Waals surface area (Å²) in [5, 5.41) is 4.50. The Morgan fingerprint density at radius 2 is 1.62 bits per heavy atom. The predicted octanol–water partition coefficient (Wildman–Crippen LogP) is 4.35. The standard InChI is InChI=1S/C26H27N3O2S/c1-31-23-14-12-20(13-15-23)16-27-28-25(30)19-32-24-17-29(18-24)26(21-8-4-2-5-9-21)22-10-6-3-7-11-22/h2-16,24,26H,17-19H2,1H3,(H,28,30)/b27-16+. The van der Waals surface area contributed by atoms with Crippen molar-refractivity contribution < 1.29 is 9.53 Å². The van der Waals surface area contributed by atoms with Crippen molar-refractivity contribution in [3.8, 4) is 5.75 Å². The topological polar surface area (TPSA) is 53.9 Å². The van der Waals surface area contributed by atoms with E-state index in [1.54, 1.807) is 25.1 Å². The lowest BCUT2D eigenvalue weighted by atomic mass is 9.94. The molecule has 0 aromatic heterocycles. The van der Waals surface area contributed by atoms with Gasteiger partial charge in [0.15, 0.2) is 0 Å². The summed E-state index contributed by atoms with van der Waals surface area (Å²) in [6, 6.07) is 29.0. The summed E-state index contributed by atoms with van der Waals surface area (Å²) in [7, 11) is 1.63. The Morgan fingerprint density at radius 1 is 1.03 bits per heavy atom. The molecule has 0 atom stereocenters. The van der Waals surface area contributed by atoms with Gasteiger partial charge in [0.1, 0.15) is 5.75 Å². The molecule has 1 N–H and O–H groups in total. The van der Waals surface area contributed by atoms with Crippen LogP contribution in [0.5, 0.6) is 5.75 Å². The number of ether oxygens (including phenoxy) is 1. The molecule has 0 saturated carbocycles. The third kappa shape index (κ3) is 5.78. The highest BCUT2D eigenvalue weighted by molar-refractivity contribution is 8.00. The number of carbonyl (C=O) groups is 1. The molecule has 1 fully saturated rings. The summed E-state index contributed by atoms with van der Waals surface area (Å²) in [4.78, 5) is 14.6. The number of nitrogens with one attached hydrogen (secondary N) is 1. The van der Waals surface area contributed by atoms with Crippen LogP contribution in [0.25, 0.3) is 0 Å². The van der Waals surface area contributed by atoms with E-state index in [1.807, 2.05) is 24.3 Å². The second-order valence-electron chi connectivity index (χ2n) is 7.68. The molecule has 5 nitrogen and oxygen atoms in total. The van der Waals surface area contributed by atoms with Crippen LogP contribution in [0.2, 0.25) is 0 Å². The largest absolute Gasteiger partial charge is 0.497 e. The molecular formula is C26H27N3O2S. The first-order chi connectivity index (χ1) is 15.7. The number of benzene rings is 3. The van der Waals surface area contributed by atoms with Crippen molar-refractivity contribution in [2.24, 2.45) is 5.10 Å².